The third kappa shape index (κ3) is 4.53. The highest BCUT2D eigenvalue weighted by Crippen LogP contribution is 2.23. The van der Waals surface area contributed by atoms with Crippen LogP contribution in [0.3, 0.4) is 0 Å². The lowest BCUT2D eigenvalue weighted by atomic mass is 9.93. The Morgan fingerprint density at radius 2 is 2.10 bits per heavy atom. The van der Waals surface area contributed by atoms with Crippen LogP contribution in [0.4, 0.5) is 0 Å². The maximum Gasteiger partial charge on any atom is 0.237 e. The number of nitrogens with one attached hydrogen (secondary N) is 1. The molecule has 0 aromatic carbocycles. The number of pyridine rings is 1. The number of hydrogen-bond donors (Lipinski definition) is 1. The van der Waals surface area contributed by atoms with Crippen molar-refractivity contribution in [2.24, 2.45) is 0 Å². The number of amides is 1. The van der Waals surface area contributed by atoms with Crippen molar-refractivity contribution >= 4 is 29.1 Å². The summed E-state index contributed by atoms with van der Waals surface area (Å²) in [6, 6.07) is 3.73. The monoisotopic (exact) mass is 316 g/mol. The summed E-state index contributed by atoms with van der Waals surface area (Å²) >= 11 is 11.5. The van der Waals surface area contributed by atoms with Crippen LogP contribution in [0, 0.1) is 0 Å². The largest absolute Gasteiger partial charge is 0.474 e. The molecule has 1 N–H and O–H groups in total. The minimum absolute atomic E-state index is 0.101. The van der Waals surface area contributed by atoms with Crippen LogP contribution in [0.25, 0.3) is 0 Å². The van der Waals surface area contributed by atoms with Gasteiger partial charge in [0.15, 0.2) is 0 Å². The van der Waals surface area contributed by atoms with E-state index in [2.05, 4.69) is 10.3 Å². The number of aromatic nitrogens is 1. The van der Waals surface area contributed by atoms with Gasteiger partial charge in [-0.1, -0.05) is 11.6 Å². The first-order valence-electron chi connectivity index (χ1n) is 6.77. The zero-order valence-corrected chi connectivity index (χ0v) is 12.8. The molecule has 1 aromatic heterocycles. The zero-order chi connectivity index (χ0) is 14.5. The first-order valence-corrected chi connectivity index (χ1v) is 7.58. The van der Waals surface area contributed by atoms with E-state index in [1.807, 2.05) is 0 Å². The average molecular weight is 317 g/mol. The Labute approximate surface area is 128 Å². The van der Waals surface area contributed by atoms with Crippen molar-refractivity contribution in [1.29, 1.82) is 0 Å². The van der Waals surface area contributed by atoms with Crippen LogP contribution in [0.1, 0.15) is 32.6 Å². The van der Waals surface area contributed by atoms with Gasteiger partial charge < -0.3 is 10.1 Å². The molecule has 0 spiro atoms. The highest BCUT2D eigenvalue weighted by molar-refractivity contribution is 6.30. The van der Waals surface area contributed by atoms with Gasteiger partial charge >= 0.3 is 0 Å². The molecular formula is C14H18Cl2N2O2. The predicted molar refractivity (Wildman–Crippen MR) is 79.4 cm³/mol. The molecule has 0 bridgehead atoms. The van der Waals surface area contributed by atoms with Crippen LogP contribution in [0.5, 0.6) is 5.88 Å². The lowest BCUT2D eigenvalue weighted by Gasteiger charge is -2.29. The van der Waals surface area contributed by atoms with Gasteiger partial charge in [-0.3, -0.25) is 4.79 Å². The number of alkyl halides is 1. The summed E-state index contributed by atoms with van der Waals surface area (Å²) in [6.45, 7) is 1.68. The molecule has 1 aliphatic carbocycles. The summed E-state index contributed by atoms with van der Waals surface area (Å²) in [7, 11) is 0. The van der Waals surface area contributed by atoms with Gasteiger partial charge in [0, 0.05) is 18.3 Å². The molecule has 1 amide bonds. The molecule has 6 heteroatoms. The maximum absolute atomic E-state index is 11.5. The standard InChI is InChI=1S/C14H18Cl2N2O2/c1-9(15)14(19)18-11-3-5-12(6-4-11)20-13-7-2-10(16)8-17-13/h2,7-9,11-12H,3-6H2,1H3,(H,18,19). The lowest BCUT2D eigenvalue weighted by molar-refractivity contribution is -0.121. The van der Waals surface area contributed by atoms with Crippen molar-refractivity contribution in [3.8, 4) is 5.88 Å². The normalized spacial score (nSPS) is 23.9. The second-order valence-electron chi connectivity index (χ2n) is 5.03. The van der Waals surface area contributed by atoms with E-state index >= 15 is 0 Å². The lowest BCUT2D eigenvalue weighted by Crippen LogP contribution is -2.42. The Hall–Kier alpha value is -1.00. The number of ether oxygens (including phenoxy) is 1. The first kappa shape index (κ1) is 15.4. The molecule has 0 saturated heterocycles. The molecule has 2 rings (SSSR count). The Balaban J connectivity index is 1.77. The zero-order valence-electron chi connectivity index (χ0n) is 11.3. The molecule has 1 fully saturated rings. The Bertz CT molecular complexity index is 443. The summed E-state index contributed by atoms with van der Waals surface area (Å²) in [5, 5.41) is 3.06. The van der Waals surface area contributed by atoms with Crippen LogP contribution < -0.4 is 10.1 Å². The molecule has 1 heterocycles. The molecule has 1 aromatic rings. The van der Waals surface area contributed by atoms with Crippen molar-refractivity contribution in [2.75, 3.05) is 0 Å². The van der Waals surface area contributed by atoms with E-state index < -0.39 is 5.38 Å². The minimum atomic E-state index is -0.484. The van der Waals surface area contributed by atoms with E-state index in [4.69, 9.17) is 27.9 Å². The van der Waals surface area contributed by atoms with E-state index in [9.17, 15) is 4.79 Å². The van der Waals surface area contributed by atoms with Crippen LogP contribution in [-0.2, 0) is 4.79 Å². The van der Waals surface area contributed by atoms with Gasteiger partial charge in [0.05, 0.1) is 5.02 Å². The van der Waals surface area contributed by atoms with Crippen LogP contribution in [0.2, 0.25) is 5.02 Å². The summed E-state index contributed by atoms with van der Waals surface area (Å²) < 4.78 is 5.80. The van der Waals surface area contributed by atoms with Crippen LogP contribution in [0.15, 0.2) is 18.3 Å². The van der Waals surface area contributed by atoms with E-state index in [1.54, 1.807) is 25.3 Å². The van der Waals surface area contributed by atoms with Crippen molar-refractivity contribution in [3.63, 3.8) is 0 Å². The third-order valence-corrected chi connectivity index (χ3v) is 3.79. The molecule has 0 aliphatic heterocycles. The minimum Gasteiger partial charge on any atom is -0.474 e. The molecule has 20 heavy (non-hydrogen) atoms. The third-order valence-electron chi connectivity index (χ3n) is 3.37. The molecular weight excluding hydrogens is 299 g/mol. The van der Waals surface area contributed by atoms with Gasteiger partial charge in [-0.25, -0.2) is 4.98 Å². The second-order valence-corrected chi connectivity index (χ2v) is 6.12. The summed E-state index contributed by atoms with van der Waals surface area (Å²) in [5.74, 6) is 0.492. The summed E-state index contributed by atoms with van der Waals surface area (Å²) in [6.07, 6.45) is 5.30. The number of hydrogen-bond acceptors (Lipinski definition) is 3. The topological polar surface area (TPSA) is 51.2 Å². The molecule has 0 radical (unpaired) electrons. The number of carbonyl (C=O) groups excluding carboxylic acids is 1. The van der Waals surface area contributed by atoms with Gasteiger partial charge in [-0.15, -0.1) is 11.6 Å². The van der Waals surface area contributed by atoms with Gasteiger partial charge in [-0.05, 0) is 38.7 Å². The summed E-state index contributed by atoms with van der Waals surface area (Å²) in [4.78, 5) is 15.6. The van der Waals surface area contributed by atoms with Crippen LogP contribution >= 0.6 is 23.2 Å². The van der Waals surface area contributed by atoms with Crippen molar-refractivity contribution in [1.82, 2.24) is 10.3 Å². The van der Waals surface area contributed by atoms with E-state index in [0.717, 1.165) is 25.7 Å². The fourth-order valence-electron chi connectivity index (χ4n) is 2.24. The first-order chi connectivity index (χ1) is 9.54. The number of carbonyl (C=O) groups is 1. The maximum atomic E-state index is 11.5. The number of halogens is 2. The predicted octanol–water partition coefficient (Wildman–Crippen LogP) is 3.17. The highest BCUT2D eigenvalue weighted by Gasteiger charge is 2.24. The van der Waals surface area contributed by atoms with Crippen molar-refractivity contribution < 1.29 is 9.53 Å². The Morgan fingerprint density at radius 1 is 1.40 bits per heavy atom. The molecule has 1 atom stereocenters. The smallest absolute Gasteiger partial charge is 0.237 e. The van der Waals surface area contributed by atoms with E-state index in [1.165, 1.54) is 0 Å². The number of nitrogens with zero attached hydrogens (tertiary/aromatic N) is 1. The Kier molecular flexibility index (Phi) is 5.49. The molecule has 1 saturated carbocycles. The van der Waals surface area contributed by atoms with E-state index in [-0.39, 0.29) is 18.1 Å². The number of rotatable bonds is 4. The summed E-state index contributed by atoms with van der Waals surface area (Å²) in [5.41, 5.74) is 0. The fourth-order valence-corrected chi connectivity index (χ4v) is 2.42. The van der Waals surface area contributed by atoms with Gasteiger partial charge in [0.1, 0.15) is 11.5 Å². The quantitative estimate of drug-likeness (QED) is 0.868. The second kappa shape index (κ2) is 7.14. The van der Waals surface area contributed by atoms with Crippen molar-refractivity contribution in [2.45, 2.75) is 50.1 Å². The van der Waals surface area contributed by atoms with E-state index in [0.29, 0.717) is 10.9 Å². The molecule has 1 aliphatic rings. The van der Waals surface area contributed by atoms with Crippen LogP contribution in [-0.4, -0.2) is 28.4 Å². The molecule has 110 valence electrons. The van der Waals surface area contributed by atoms with Crippen molar-refractivity contribution in [3.05, 3.63) is 23.4 Å². The molecule has 1 unspecified atom stereocenters. The van der Waals surface area contributed by atoms with Gasteiger partial charge in [0.25, 0.3) is 0 Å². The Morgan fingerprint density at radius 3 is 2.65 bits per heavy atom. The van der Waals surface area contributed by atoms with Gasteiger partial charge in [-0.2, -0.15) is 0 Å². The SMILES string of the molecule is CC(Cl)C(=O)NC1CCC(Oc2ccc(Cl)cn2)CC1. The average Bonchev–Trinajstić information content (AvgIpc) is 2.43. The van der Waals surface area contributed by atoms with Gasteiger partial charge in [0.2, 0.25) is 11.8 Å². The highest BCUT2D eigenvalue weighted by atomic mass is 35.5. The fraction of sp³-hybridized carbons (Fsp3) is 0.571. The molecule has 4 nitrogen and oxygen atoms in total.